The van der Waals surface area contributed by atoms with Crippen LogP contribution in [-0.2, 0) is 19.3 Å². The lowest BCUT2D eigenvalue weighted by molar-refractivity contribution is -0.185. The van der Waals surface area contributed by atoms with Gasteiger partial charge in [-0.2, -0.15) is 4.39 Å². The van der Waals surface area contributed by atoms with Crippen molar-refractivity contribution in [3.8, 4) is 0 Å². The molecular weight excluding hydrogens is 150 g/mol. The number of ketones is 1. The molecule has 0 amide bonds. The molecular formula is C4F2O4. The van der Waals surface area contributed by atoms with E-state index in [1.807, 2.05) is 0 Å². The molecule has 0 aliphatic heterocycles. The molecule has 0 aromatic carbocycles. The highest BCUT2D eigenvalue weighted by Crippen LogP contribution is 1.94. The molecule has 0 aromatic heterocycles. The van der Waals surface area contributed by atoms with Crippen molar-refractivity contribution < 1.29 is 28.2 Å². The average molecular weight is 150 g/mol. The molecule has 0 aliphatic rings. The monoisotopic (exact) mass is 150 g/mol. The van der Waals surface area contributed by atoms with Crippen molar-refractivity contribution in [2.45, 2.75) is 0 Å². The van der Waals surface area contributed by atoms with Crippen molar-refractivity contribution >= 4 is 17.7 Å². The van der Waals surface area contributed by atoms with Crippen molar-refractivity contribution in [2.24, 2.45) is 0 Å². The second-order valence-electron chi connectivity index (χ2n) is 1.11. The summed E-state index contributed by atoms with van der Waals surface area (Å²) in [6.07, 6.45) is 0. The summed E-state index contributed by atoms with van der Waals surface area (Å²) in [6, 6.07) is 0. The van der Waals surface area contributed by atoms with Crippen LogP contribution in [0.4, 0.5) is 8.92 Å². The van der Waals surface area contributed by atoms with Crippen molar-refractivity contribution in [3.05, 3.63) is 5.83 Å². The molecule has 0 saturated carbocycles. The third kappa shape index (κ3) is 1.75. The second-order valence-corrected chi connectivity index (χ2v) is 1.11. The summed E-state index contributed by atoms with van der Waals surface area (Å²) in [5.41, 5.74) is 0. The third-order valence-electron chi connectivity index (χ3n) is 0.544. The Hall–Kier alpha value is -1.55. The number of hydrogen-bond acceptors (Lipinski definition) is 4. The molecule has 0 aliphatic carbocycles. The molecule has 0 radical (unpaired) electrons. The average Bonchev–Trinajstić information content (AvgIpc) is 2.00. The van der Waals surface area contributed by atoms with E-state index in [-0.39, 0.29) is 0 Å². The standard InChI is InChI=1S/C4F2O4/c5-2(1-7)3(8)4(9)10-6. The molecule has 0 spiro atoms. The molecule has 0 unspecified atom stereocenters. The van der Waals surface area contributed by atoms with Gasteiger partial charge in [0.05, 0.1) is 0 Å². The Bertz CT molecular complexity index is 215. The van der Waals surface area contributed by atoms with Crippen molar-refractivity contribution in [1.29, 1.82) is 0 Å². The summed E-state index contributed by atoms with van der Waals surface area (Å²) in [5, 5.41) is 0. The Morgan fingerprint density at radius 1 is 1.40 bits per heavy atom. The van der Waals surface area contributed by atoms with Crippen molar-refractivity contribution in [3.63, 3.8) is 0 Å². The molecule has 0 saturated heterocycles. The van der Waals surface area contributed by atoms with Gasteiger partial charge >= 0.3 is 11.8 Å². The first-order chi connectivity index (χ1) is 4.63. The Morgan fingerprint density at radius 3 is 2.20 bits per heavy atom. The molecule has 10 heavy (non-hydrogen) atoms. The zero-order valence-corrected chi connectivity index (χ0v) is 4.39. The Labute approximate surface area is 53.0 Å². The lowest BCUT2D eigenvalue weighted by atomic mass is 10.4. The number of hydrogen-bond donors (Lipinski definition) is 0. The third-order valence-corrected chi connectivity index (χ3v) is 0.544. The normalized spacial score (nSPS) is 7.80. The Kier molecular flexibility index (Phi) is 2.93. The lowest BCUT2D eigenvalue weighted by Crippen LogP contribution is -2.14. The molecule has 0 heterocycles. The van der Waals surface area contributed by atoms with Crippen LogP contribution in [-0.4, -0.2) is 17.7 Å². The van der Waals surface area contributed by atoms with E-state index in [1.165, 1.54) is 0 Å². The molecule has 0 atom stereocenters. The fourth-order valence-corrected chi connectivity index (χ4v) is 0.171. The minimum Gasteiger partial charge on any atom is -0.277 e. The van der Waals surface area contributed by atoms with Gasteiger partial charge in [-0.05, 0) is 0 Å². The van der Waals surface area contributed by atoms with Gasteiger partial charge in [-0.3, -0.25) is 4.79 Å². The predicted molar refractivity (Wildman–Crippen MR) is 22.5 cm³/mol. The molecule has 0 N–H and O–H groups in total. The zero-order chi connectivity index (χ0) is 8.15. The fraction of sp³-hybridized carbons (Fsp3) is 0. The predicted octanol–water partition coefficient (Wildman–Crippen LogP) is -0.332. The van der Waals surface area contributed by atoms with Gasteiger partial charge in [0.15, 0.2) is 5.94 Å². The van der Waals surface area contributed by atoms with E-state index in [2.05, 4.69) is 4.94 Å². The van der Waals surface area contributed by atoms with Crippen LogP contribution in [0, 0.1) is 0 Å². The highest BCUT2D eigenvalue weighted by atomic mass is 19.3. The summed E-state index contributed by atoms with van der Waals surface area (Å²) < 4.78 is 22.4. The van der Waals surface area contributed by atoms with Crippen LogP contribution in [0.1, 0.15) is 0 Å². The smallest absolute Gasteiger partial charge is 0.277 e. The highest BCUT2D eigenvalue weighted by molar-refractivity contribution is 6.41. The van der Waals surface area contributed by atoms with E-state index in [0.29, 0.717) is 5.94 Å². The molecule has 54 valence electrons. The minimum atomic E-state index is -2.08. The Balaban J connectivity index is 4.38. The topological polar surface area (TPSA) is 60.4 Å². The summed E-state index contributed by atoms with van der Waals surface area (Å²) in [5.74, 6) is -5.62. The number of rotatable bonds is 2. The van der Waals surface area contributed by atoms with Gasteiger partial charge in [0.1, 0.15) is 0 Å². The maximum Gasteiger partial charge on any atom is 0.423 e. The quantitative estimate of drug-likeness (QED) is 0.307. The Morgan fingerprint density at radius 2 is 1.90 bits per heavy atom. The molecule has 0 fully saturated rings. The van der Waals surface area contributed by atoms with Crippen LogP contribution in [0.3, 0.4) is 0 Å². The SMILES string of the molecule is O=C=C(F)C(=O)C(=O)OF. The zero-order valence-electron chi connectivity index (χ0n) is 4.39. The van der Waals surface area contributed by atoms with E-state index in [9.17, 15) is 23.3 Å². The summed E-state index contributed by atoms with van der Waals surface area (Å²) in [6.45, 7) is 0. The van der Waals surface area contributed by atoms with Crippen LogP contribution in [0.25, 0.3) is 0 Å². The van der Waals surface area contributed by atoms with E-state index in [0.717, 1.165) is 0 Å². The van der Waals surface area contributed by atoms with Crippen LogP contribution in [0.5, 0.6) is 0 Å². The van der Waals surface area contributed by atoms with Crippen LogP contribution >= 0.6 is 0 Å². The molecule has 0 bridgehead atoms. The summed E-state index contributed by atoms with van der Waals surface area (Å²) in [7, 11) is 0. The van der Waals surface area contributed by atoms with Gasteiger partial charge in [-0.15, -0.1) is 0 Å². The van der Waals surface area contributed by atoms with Crippen LogP contribution in [0.2, 0.25) is 0 Å². The largest absolute Gasteiger partial charge is 0.423 e. The van der Waals surface area contributed by atoms with E-state index in [4.69, 9.17) is 0 Å². The molecule has 6 heteroatoms. The van der Waals surface area contributed by atoms with E-state index >= 15 is 0 Å². The highest BCUT2D eigenvalue weighted by Gasteiger charge is 2.22. The van der Waals surface area contributed by atoms with Gasteiger partial charge in [0.25, 0.3) is 5.83 Å². The second kappa shape index (κ2) is 3.47. The molecule has 4 nitrogen and oxygen atoms in total. The maximum atomic E-state index is 11.6. The van der Waals surface area contributed by atoms with E-state index in [1.54, 1.807) is 0 Å². The van der Waals surface area contributed by atoms with Gasteiger partial charge < -0.3 is 0 Å². The summed E-state index contributed by atoms with van der Waals surface area (Å²) >= 11 is 0. The lowest BCUT2D eigenvalue weighted by Gasteiger charge is -1.84. The van der Waals surface area contributed by atoms with Crippen molar-refractivity contribution in [2.75, 3.05) is 0 Å². The van der Waals surface area contributed by atoms with Gasteiger partial charge in [0, 0.05) is 4.53 Å². The van der Waals surface area contributed by atoms with Gasteiger partial charge in [0.2, 0.25) is 0 Å². The fourth-order valence-electron chi connectivity index (χ4n) is 0.171. The molecule has 0 aromatic rings. The van der Waals surface area contributed by atoms with Crippen LogP contribution < -0.4 is 0 Å². The summed E-state index contributed by atoms with van der Waals surface area (Å²) in [4.78, 5) is 31.2. The number of Topliss-reactive ketones (excluding diaryl/α,β-unsaturated/α-hetero) is 1. The van der Waals surface area contributed by atoms with Crippen molar-refractivity contribution in [1.82, 2.24) is 0 Å². The van der Waals surface area contributed by atoms with Gasteiger partial charge in [-0.25, -0.2) is 14.5 Å². The first-order valence-corrected chi connectivity index (χ1v) is 1.91. The first-order valence-electron chi connectivity index (χ1n) is 1.91. The minimum absolute atomic E-state index is 0.463. The first kappa shape index (κ1) is 8.45. The number of halogens is 2. The number of carbonyl (C=O) groups is 2. The van der Waals surface area contributed by atoms with Crippen LogP contribution in [0.15, 0.2) is 5.83 Å². The van der Waals surface area contributed by atoms with E-state index < -0.39 is 17.6 Å². The maximum absolute atomic E-state index is 11.6. The van der Waals surface area contributed by atoms with Gasteiger partial charge in [-0.1, -0.05) is 0 Å². The number of carbonyl (C=O) groups excluding carboxylic acids is 3. The molecule has 0 rings (SSSR count).